The molecule has 0 aliphatic carbocycles. The summed E-state index contributed by atoms with van der Waals surface area (Å²) in [5, 5.41) is 5.30. The van der Waals surface area contributed by atoms with Crippen LogP contribution in [0.15, 0.2) is 42.5 Å². The molecule has 2 aromatic carbocycles. The summed E-state index contributed by atoms with van der Waals surface area (Å²) in [5.74, 6) is -2.75. The van der Waals surface area contributed by atoms with Crippen molar-refractivity contribution < 1.29 is 33.4 Å². The van der Waals surface area contributed by atoms with Gasteiger partial charge in [0.2, 0.25) is 0 Å². The van der Waals surface area contributed by atoms with Crippen molar-refractivity contribution in [1.82, 2.24) is 0 Å². The van der Waals surface area contributed by atoms with Gasteiger partial charge in [0.15, 0.2) is 6.61 Å². The molecule has 0 heterocycles. The van der Waals surface area contributed by atoms with Gasteiger partial charge in [-0.15, -0.1) is 0 Å². The van der Waals surface area contributed by atoms with Crippen LogP contribution in [0.1, 0.15) is 31.1 Å². The van der Waals surface area contributed by atoms with Crippen molar-refractivity contribution in [2.24, 2.45) is 0 Å². The Hall–Kier alpha value is -3.88. The summed E-state index contributed by atoms with van der Waals surface area (Å²) in [6.45, 7) is -0.597. The molecule has 0 saturated heterocycles. The number of hydrogen-bond donors (Lipinski definition) is 2. The molecular formula is C20H20N2O7. The molecule has 0 fully saturated rings. The van der Waals surface area contributed by atoms with E-state index >= 15 is 0 Å². The summed E-state index contributed by atoms with van der Waals surface area (Å²) in [5.41, 5.74) is 0.995. The number of nitrogens with one attached hydrogen (secondary N) is 2. The predicted molar refractivity (Wildman–Crippen MR) is 104 cm³/mol. The summed E-state index contributed by atoms with van der Waals surface area (Å²) in [4.78, 5) is 48.1. The predicted octanol–water partition coefficient (Wildman–Crippen LogP) is 2.10. The Morgan fingerprint density at radius 1 is 0.828 bits per heavy atom. The fourth-order valence-electron chi connectivity index (χ4n) is 2.45. The van der Waals surface area contributed by atoms with E-state index in [2.05, 4.69) is 20.1 Å². The Kier molecular flexibility index (Phi) is 7.30. The molecule has 0 bridgehead atoms. The Balaban J connectivity index is 2.13. The minimum Gasteiger partial charge on any atom is -0.465 e. The molecule has 0 aromatic heterocycles. The normalized spacial score (nSPS) is 9.90. The second-order valence-electron chi connectivity index (χ2n) is 5.66. The molecule has 2 aromatic rings. The highest BCUT2D eigenvalue weighted by molar-refractivity contribution is 6.04. The Morgan fingerprint density at radius 3 is 2.14 bits per heavy atom. The molecule has 1 amide bonds. The van der Waals surface area contributed by atoms with Gasteiger partial charge < -0.3 is 24.8 Å². The van der Waals surface area contributed by atoms with Crippen LogP contribution in [0, 0.1) is 0 Å². The van der Waals surface area contributed by atoms with Crippen LogP contribution in [0.3, 0.4) is 0 Å². The molecule has 0 saturated carbocycles. The molecule has 9 heteroatoms. The molecule has 152 valence electrons. The van der Waals surface area contributed by atoms with E-state index in [0.717, 1.165) is 0 Å². The maximum absolute atomic E-state index is 12.2. The number of ether oxygens (including phenoxy) is 3. The summed E-state index contributed by atoms with van der Waals surface area (Å²) in [6, 6.07) is 10.6. The molecule has 0 aliphatic rings. The fraction of sp³-hybridized carbons (Fsp3) is 0.200. The van der Waals surface area contributed by atoms with Crippen LogP contribution in [-0.2, 0) is 19.0 Å². The largest absolute Gasteiger partial charge is 0.465 e. The Bertz CT molecular complexity index is 940. The van der Waals surface area contributed by atoms with Crippen LogP contribution in [0.25, 0.3) is 0 Å². The molecule has 0 spiro atoms. The second kappa shape index (κ2) is 9.88. The number of carbonyl (C=O) groups excluding carboxylic acids is 4. The molecule has 0 aliphatic heterocycles. The Labute approximate surface area is 166 Å². The lowest BCUT2D eigenvalue weighted by molar-refractivity contribution is -0.119. The van der Waals surface area contributed by atoms with Gasteiger partial charge >= 0.3 is 17.9 Å². The number of benzene rings is 2. The number of hydrogen-bond acceptors (Lipinski definition) is 8. The standard InChI is InChI=1S/C20H20N2O7/c1-21-15-7-5-4-6-13(15)20(26)29-11-17(23)22-16-10-12(18(24)27-2)8-9-14(16)19(25)28-3/h4-10,21H,11H2,1-3H3,(H,22,23). The first-order valence-corrected chi connectivity index (χ1v) is 8.45. The monoisotopic (exact) mass is 400 g/mol. The van der Waals surface area contributed by atoms with Crippen molar-refractivity contribution in [3.8, 4) is 0 Å². The van der Waals surface area contributed by atoms with Gasteiger partial charge in [-0.25, -0.2) is 14.4 Å². The highest BCUT2D eigenvalue weighted by Gasteiger charge is 2.19. The van der Waals surface area contributed by atoms with E-state index in [0.29, 0.717) is 5.69 Å². The van der Waals surface area contributed by atoms with E-state index in [9.17, 15) is 19.2 Å². The zero-order chi connectivity index (χ0) is 21.4. The highest BCUT2D eigenvalue weighted by Crippen LogP contribution is 2.20. The van der Waals surface area contributed by atoms with Gasteiger partial charge in [-0.05, 0) is 30.3 Å². The zero-order valence-corrected chi connectivity index (χ0v) is 16.1. The molecule has 29 heavy (non-hydrogen) atoms. The summed E-state index contributed by atoms with van der Waals surface area (Å²) >= 11 is 0. The minimum absolute atomic E-state index is 0.0245. The van der Waals surface area contributed by atoms with Gasteiger partial charge in [-0.1, -0.05) is 12.1 Å². The third kappa shape index (κ3) is 5.32. The quantitative estimate of drug-likeness (QED) is 0.536. The minimum atomic E-state index is -0.711. The van der Waals surface area contributed by atoms with Gasteiger partial charge in [0.05, 0.1) is 36.6 Å². The number of rotatable bonds is 7. The average Bonchev–Trinajstić information content (AvgIpc) is 2.76. The number of para-hydroxylation sites is 1. The molecule has 0 radical (unpaired) electrons. The van der Waals surface area contributed by atoms with Crippen LogP contribution in [0.4, 0.5) is 11.4 Å². The highest BCUT2D eigenvalue weighted by atomic mass is 16.5. The average molecular weight is 400 g/mol. The van der Waals surface area contributed by atoms with Crippen molar-refractivity contribution in [2.75, 3.05) is 38.5 Å². The fourth-order valence-corrected chi connectivity index (χ4v) is 2.45. The van der Waals surface area contributed by atoms with Gasteiger partial charge in [-0.3, -0.25) is 4.79 Å². The van der Waals surface area contributed by atoms with E-state index in [1.54, 1.807) is 31.3 Å². The van der Waals surface area contributed by atoms with E-state index < -0.39 is 30.4 Å². The number of methoxy groups -OCH3 is 2. The molecule has 2 N–H and O–H groups in total. The van der Waals surface area contributed by atoms with Crippen LogP contribution in [0.5, 0.6) is 0 Å². The van der Waals surface area contributed by atoms with Gasteiger partial charge in [0, 0.05) is 12.7 Å². The summed E-state index contributed by atoms with van der Waals surface area (Å²) < 4.78 is 14.3. The number of anilines is 2. The van der Waals surface area contributed by atoms with Crippen molar-refractivity contribution in [3.05, 3.63) is 59.2 Å². The SMILES string of the molecule is CNc1ccccc1C(=O)OCC(=O)Nc1cc(C(=O)OC)ccc1C(=O)OC. The third-order valence-corrected chi connectivity index (χ3v) is 3.87. The van der Waals surface area contributed by atoms with Gasteiger partial charge in [0.1, 0.15) is 0 Å². The maximum Gasteiger partial charge on any atom is 0.340 e. The lowest BCUT2D eigenvalue weighted by Crippen LogP contribution is -2.23. The number of amides is 1. The van der Waals surface area contributed by atoms with Crippen LogP contribution in [0.2, 0.25) is 0 Å². The first kappa shape index (κ1) is 21.4. The number of esters is 3. The molecule has 0 atom stereocenters. The van der Waals surface area contributed by atoms with Gasteiger partial charge in [0.25, 0.3) is 5.91 Å². The van der Waals surface area contributed by atoms with Crippen molar-refractivity contribution in [1.29, 1.82) is 0 Å². The topological polar surface area (TPSA) is 120 Å². The maximum atomic E-state index is 12.2. The smallest absolute Gasteiger partial charge is 0.340 e. The molecular weight excluding hydrogens is 380 g/mol. The second-order valence-corrected chi connectivity index (χ2v) is 5.66. The number of carbonyl (C=O) groups is 4. The van der Waals surface area contributed by atoms with Crippen molar-refractivity contribution >= 4 is 35.2 Å². The lowest BCUT2D eigenvalue weighted by atomic mass is 10.1. The summed E-state index contributed by atoms with van der Waals surface area (Å²) in [6.07, 6.45) is 0. The molecule has 0 unspecified atom stereocenters. The third-order valence-electron chi connectivity index (χ3n) is 3.87. The molecule has 9 nitrogen and oxygen atoms in total. The van der Waals surface area contributed by atoms with Crippen LogP contribution >= 0.6 is 0 Å². The first-order chi connectivity index (χ1) is 13.9. The first-order valence-electron chi connectivity index (χ1n) is 8.45. The van der Waals surface area contributed by atoms with E-state index in [1.807, 2.05) is 0 Å². The Morgan fingerprint density at radius 2 is 1.48 bits per heavy atom. The van der Waals surface area contributed by atoms with Crippen molar-refractivity contribution in [2.45, 2.75) is 0 Å². The van der Waals surface area contributed by atoms with Crippen LogP contribution in [-0.4, -0.2) is 51.7 Å². The van der Waals surface area contributed by atoms with E-state index in [-0.39, 0.29) is 22.4 Å². The summed E-state index contributed by atoms with van der Waals surface area (Å²) in [7, 11) is 4.04. The van der Waals surface area contributed by atoms with E-state index in [4.69, 9.17) is 4.74 Å². The molecule has 2 rings (SSSR count). The van der Waals surface area contributed by atoms with Crippen LogP contribution < -0.4 is 10.6 Å². The zero-order valence-electron chi connectivity index (χ0n) is 16.1. The van der Waals surface area contributed by atoms with E-state index in [1.165, 1.54) is 32.4 Å². The van der Waals surface area contributed by atoms with Crippen molar-refractivity contribution in [3.63, 3.8) is 0 Å². The lowest BCUT2D eigenvalue weighted by Gasteiger charge is -2.12. The van der Waals surface area contributed by atoms with Gasteiger partial charge in [-0.2, -0.15) is 0 Å².